The van der Waals surface area contributed by atoms with Gasteiger partial charge in [-0.05, 0) is 26.0 Å². The minimum Gasteiger partial charge on any atom is -0.497 e. The maximum absolute atomic E-state index is 12.1. The number of ether oxygens (including phenoxy) is 1. The number of anilines is 1. The molecule has 2 amide bonds. The van der Waals surface area contributed by atoms with Gasteiger partial charge in [0.15, 0.2) is 0 Å². The number of likely N-dealkylation sites (N-methyl/N-ethyl adjacent to an activating group) is 1. The Balaban J connectivity index is 2.91. The number of carboxylic acid groups (broad SMARTS) is 1. The summed E-state index contributed by atoms with van der Waals surface area (Å²) in [7, 11) is 2.95. The number of nitrogens with one attached hydrogen (secondary N) is 1. The molecule has 1 aromatic rings. The number of aliphatic carboxylic acids is 1. The predicted octanol–water partition coefficient (Wildman–Crippen LogP) is 2.78. The van der Waals surface area contributed by atoms with E-state index in [-0.39, 0.29) is 0 Å². The van der Waals surface area contributed by atoms with Crippen LogP contribution < -0.4 is 10.1 Å². The number of nitrogens with zero attached hydrogens (tertiary/aromatic N) is 1. The average Bonchev–Trinajstić information content (AvgIpc) is 2.36. The SMILES string of the molecule is COc1cc(Br)cc(NC(=O)N(C)C(C)(C)C(=O)O)c1. The topological polar surface area (TPSA) is 78.9 Å². The lowest BCUT2D eigenvalue weighted by Gasteiger charge is -2.31. The first kappa shape index (κ1) is 16.3. The molecule has 0 saturated carbocycles. The summed E-state index contributed by atoms with van der Waals surface area (Å²) in [4.78, 5) is 24.3. The van der Waals surface area contributed by atoms with E-state index in [2.05, 4.69) is 21.2 Å². The van der Waals surface area contributed by atoms with Gasteiger partial charge in [-0.2, -0.15) is 0 Å². The molecule has 6 nitrogen and oxygen atoms in total. The molecule has 1 aromatic carbocycles. The Morgan fingerprint density at radius 1 is 1.35 bits per heavy atom. The second kappa shape index (κ2) is 6.13. The van der Waals surface area contributed by atoms with Crippen LogP contribution in [0.5, 0.6) is 5.75 Å². The summed E-state index contributed by atoms with van der Waals surface area (Å²) in [6.45, 7) is 2.91. The van der Waals surface area contributed by atoms with Gasteiger partial charge in [0.25, 0.3) is 0 Å². The molecule has 0 atom stereocenters. The van der Waals surface area contributed by atoms with Gasteiger partial charge in [0.05, 0.1) is 7.11 Å². The monoisotopic (exact) mass is 344 g/mol. The third kappa shape index (κ3) is 3.63. The first-order valence-corrected chi connectivity index (χ1v) is 6.60. The van der Waals surface area contributed by atoms with Gasteiger partial charge >= 0.3 is 12.0 Å². The second-order valence-electron chi connectivity index (χ2n) is 4.73. The highest BCUT2D eigenvalue weighted by Gasteiger charge is 2.35. The summed E-state index contributed by atoms with van der Waals surface area (Å²) < 4.78 is 5.84. The summed E-state index contributed by atoms with van der Waals surface area (Å²) in [5.41, 5.74) is -0.797. The zero-order chi connectivity index (χ0) is 15.5. The Bertz CT molecular complexity index is 531. The van der Waals surface area contributed by atoms with E-state index < -0.39 is 17.5 Å². The van der Waals surface area contributed by atoms with E-state index in [9.17, 15) is 9.59 Å². The van der Waals surface area contributed by atoms with Crippen LogP contribution in [0.4, 0.5) is 10.5 Å². The normalized spacial score (nSPS) is 10.8. The summed E-state index contributed by atoms with van der Waals surface area (Å²) in [6.07, 6.45) is 0. The minimum absolute atomic E-state index is 0.509. The van der Waals surface area contributed by atoms with Gasteiger partial charge in [-0.25, -0.2) is 9.59 Å². The van der Waals surface area contributed by atoms with Gasteiger partial charge < -0.3 is 20.1 Å². The Morgan fingerprint density at radius 3 is 2.45 bits per heavy atom. The maximum atomic E-state index is 12.1. The molecular formula is C13H17BrN2O4. The number of benzene rings is 1. The fraction of sp³-hybridized carbons (Fsp3) is 0.385. The van der Waals surface area contributed by atoms with Crippen molar-refractivity contribution in [3.05, 3.63) is 22.7 Å². The van der Waals surface area contributed by atoms with E-state index in [0.717, 1.165) is 9.37 Å². The van der Waals surface area contributed by atoms with Gasteiger partial charge in [0.2, 0.25) is 0 Å². The van der Waals surface area contributed by atoms with Crippen molar-refractivity contribution in [3.8, 4) is 5.75 Å². The quantitative estimate of drug-likeness (QED) is 0.880. The number of carbonyl (C=O) groups is 2. The molecule has 0 fully saturated rings. The minimum atomic E-state index is -1.31. The molecule has 0 spiro atoms. The first-order chi connectivity index (χ1) is 9.18. The molecule has 0 heterocycles. The fourth-order valence-corrected chi connectivity index (χ4v) is 1.83. The van der Waals surface area contributed by atoms with Crippen molar-refractivity contribution in [2.75, 3.05) is 19.5 Å². The Labute approximate surface area is 125 Å². The highest BCUT2D eigenvalue weighted by atomic mass is 79.9. The lowest BCUT2D eigenvalue weighted by atomic mass is 10.1. The Hall–Kier alpha value is -1.76. The van der Waals surface area contributed by atoms with Gasteiger partial charge in [0.1, 0.15) is 11.3 Å². The lowest BCUT2D eigenvalue weighted by Crippen LogP contribution is -2.52. The number of hydrogen-bond donors (Lipinski definition) is 2. The van der Waals surface area contributed by atoms with Crippen molar-refractivity contribution in [2.24, 2.45) is 0 Å². The van der Waals surface area contributed by atoms with Crippen molar-refractivity contribution in [1.29, 1.82) is 0 Å². The lowest BCUT2D eigenvalue weighted by molar-refractivity contribution is -0.146. The van der Waals surface area contributed by atoms with E-state index in [1.54, 1.807) is 18.2 Å². The number of carbonyl (C=O) groups excluding carboxylic acids is 1. The van der Waals surface area contributed by atoms with Crippen LogP contribution in [0.15, 0.2) is 22.7 Å². The third-order valence-corrected chi connectivity index (χ3v) is 3.48. The molecule has 0 radical (unpaired) electrons. The molecule has 0 saturated heterocycles. The number of methoxy groups -OCH3 is 1. The number of amides is 2. The molecule has 0 aliphatic rings. The maximum Gasteiger partial charge on any atom is 0.329 e. The van der Waals surface area contributed by atoms with E-state index >= 15 is 0 Å². The van der Waals surface area contributed by atoms with E-state index in [1.807, 2.05) is 0 Å². The number of carboxylic acids is 1. The fourth-order valence-electron chi connectivity index (χ4n) is 1.36. The molecular weight excluding hydrogens is 328 g/mol. The van der Waals surface area contributed by atoms with Gasteiger partial charge in [-0.1, -0.05) is 15.9 Å². The zero-order valence-corrected chi connectivity index (χ0v) is 13.3. The number of urea groups is 1. The molecule has 110 valence electrons. The van der Waals surface area contributed by atoms with Crippen LogP contribution >= 0.6 is 15.9 Å². The second-order valence-corrected chi connectivity index (χ2v) is 5.65. The average molecular weight is 345 g/mol. The van der Waals surface area contributed by atoms with Crippen molar-refractivity contribution in [1.82, 2.24) is 4.90 Å². The van der Waals surface area contributed by atoms with E-state index in [1.165, 1.54) is 28.0 Å². The van der Waals surface area contributed by atoms with Crippen LogP contribution in [-0.4, -0.2) is 41.7 Å². The summed E-state index contributed by atoms with van der Waals surface area (Å²) in [5, 5.41) is 11.7. The molecule has 7 heteroatoms. The van der Waals surface area contributed by atoms with Crippen LogP contribution in [0, 0.1) is 0 Å². The summed E-state index contributed by atoms with van der Waals surface area (Å²) >= 11 is 3.30. The molecule has 0 aromatic heterocycles. The number of rotatable bonds is 4. The standard InChI is InChI=1S/C13H17BrN2O4/c1-13(2,11(17)18)16(3)12(19)15-9-5-8(14)6-10(7-9)20-4/h5-7H,1-4H3,(H,15,19)(H,17,18). The van der Waals surface area contributed by atoms with Crippen LogP contribution in [0.2, 0.25) is 0 Å². The predicted molar refractivity (Wildman–Crippen MR) is 79.2 cm³/mol. The van der Waals surface area contributed by atoms with Crippen molar-refractivity contribution in [2.45, 2.75) is 19.4 Å². The van der Waals surface area contributed by atoms with E-state index in [0.29, 0.717) is 11.4 Å². The van der Waals surface area contributed by atoms with E-state index in [4.69, 9.17) is 9.84 Å². The smallest absolute Gasteiger partial charge is 0.329 e. The molecule has 1 rings (SSSR count). The largest absolute Gasteiger partial charge is 0.497 e. The molecule has 0 bridgehead atoms. The summed E-state index contributed by atoms with van der Waals surface area (Å²) in [5.74, 6) is -0.503. The van der Waals surface area contributed by atoms with Gasteiger partial charge in [-0.3, -0.25) is 0 Å². The van der Waals surface area contributed by atoms with Gasteiger partial charge in [0, 0.05) is 23.3 Å². The molecule has 0 aliphatic heterocycles. The van der Waals surface area contributed by atoms with Crippen molar-refractivity contribution >= 4 is 33.6 Å². The number of hydrogen-bond acceptors (Lipinski definition) is 3. The number of halogens is 1. The van der Waals surface area contributed by atoms with Gasteiger partial charge in [-0.15, -0.1) is 0 Å². The first-order valence-electron chi connectivity index (χ1n) is 5.81. The van der Waals surface area contributed by atoms with Crippen LogP contribution in [0.3, 0.4) is 0 Å². The molecule has 2 N–H and O–H groups in total. The highest BCUT2D eigenvalue weighted by molar-refractivity contribution is 9.10. The van der Waals surface area contributed by atoms with Crippen LogP contribution in [0.25, 0.3) is 0 Å². The van der Waals surface area contributed by atoms with Crippen LogP contribution in [-0.2, 0) is 4.79 Å². The van der Waals surface area contributed by atoms with Crippen molar-refractivity contribution in [3.63, 3.8) is 0 Å². The molecule has 0 unspecified atom stereocenters. The van der Waals surface area contributed by atoms with Crippen molar-refractivity contribution < 1.29 is 19.4 Å². The highest BCUT2D eigenvalue weighted by Crippen LogP contribution is 2.25. The summed E-state index contributed by atoms with van der Waals surface area (Å²) in [6, 6.07) is 4.57. The Kier molecular flexibility index (Phi) is 4.99. The molecule has 0 aliphatic carbocycles. The van der Waals surface area contributed by atoms with Crippen LogP contribution in [0.1, 0.15) is 13.8 Å². The third-order valence-electron chi connectivity index (χ3n) is 3.02. The zero-order valence-electron chi connectivity index (χ0n) is 11.7. The molecule has 20 heavy (non-hydrogen) atoms. The Morgan fingerprint density at radius 2 is 1.95 bits per heavy atom.